The van der Waals surface area contributed by atoms with Crippen LogP contribution in [-0.4, -0.2) is 10.2 Å². The van der Waals surface area contributed by atoms with E-state index in [0.717, 1.165) is 16.5 Å². The molecule has 0 fully saturated rings. The highest BCUT2D eigenvalue weighted by molar-refractivity contribution is 5.83. The van der Waals surface area contributed by atoms with E-state index >= 15 is 0 Å². The quantitative estimate of drug-likeness (QED) is 0.678. The van der Waals surface area contributed by atoms with Crippen molar-refractivity contribution in [1.82, 2.24) is 10.2 Å². The second-order valence-electron chi connectivity index (χ2n) is 2.88. The van der Waals surface area contributed by atoms with Gasteiger partial charge in [-0.05, 0) is 30.2 Å². The second-order valence-corrected chi connectivity index (χ2v) is 2.88. The molecule has 1 heterocycles. The van der Waals surface area contributed by atoms with Crippen LogP contribution in [0.15, 0.2) is 24.9 Å². The van der Waals surface area contributed by atoms with Crippen LogP contribution in [0.4, 0.5) is 0 Å². The first-order valence-electron chi connectivity index (χ1n) is 3.87. The average molecular weight is 158 g/mol. The summed E-state index contributed by atoms with van der Waals surface area (Å²) in [5.41, 5.74) is 3.46. The van der Waals surface area contributed by atoms with E-state index in [-0.39, 0.29) is 0 Å². The Kier molecular flexibility index (Phi) is 1.47. The van der Waals surface area contributed by atoms with Gasteiger partial charge in [-0.1, -0.05) is 12.7 Å². The lowest BCUT2D eigenvalue weighted by Crippen LogP contribution is -1.78. The molecule has 1 N–H and O–H groups in total. The maximum Gasteiger partial charge on any atom is 0.0679 e. The van der Waals surface area contributed by atoms with Crippen molar-refractivity contribution >= 4 is 17.0 Å². The SMILES string of the molecule is C=Cc1cc(C)c2[nH]ncc2c1. The number of nitrogens with one attached hydrogen (secondary N) is 1. The van der Waals surface area contributed by atoms with Crippen LogP contribution in [0, 0.1) is 6.92 Å². The number of fused-ring (bicyclic) bond motifs is 1. The lowest BCUT2D eigenvalue weighted by molar-refractivity contribution is 1.11. The smallest absolute Gasteiger partial charge is 0.0679 e. The number of aromatic amines is 1. The molecule has 0 spiro atoms. The molecule has 1 aromatic carbocycles. The van der Waals surface area contributed by atoms with E-state index in [4.69, 9.17) is 0 Å². The first-order chi connectivity index (χ1) is 5.81. The Balaban J connectivity index is 2.83. The number of H-pyrrole nitrogens is 1. The summed E-state index contributed by atoms with van der Waals surface area (Å²) in [6.45, 7) is 5.80. The highest BCUT2D eigenvalue weighted by Gasteiger charge is 1.99. The predicted molar refractivity (Wildman–Crippen MR) is 50.9 cm³/mol. The largest absolute Gasteiger partial charge is 0.278 e. The van der Waals surface area contributed by atoms with Gasteiger partial charge in [-0.3, -0.25) is 5.10 Å². The van der Waals surface area contributed by atoms with E-state index in [1.807, 2.05) is 12.3 Å². The molecule has 0 unspecified atom stereocenters. The van der Waals surface area contributed by atoms with Crippen LogP contribution in [0.5, 0.6) is 0 Å². The highest BCUT2D eigenvalue weighted by Crippen LogP contribution is 2.18. The molecule has 2 heteroatoms. The van der Waals surface area contributed by atoms with Gasteiger partial charge < -0.3 is 0 Å². The molecule has 0 aliphatic heterocycles. The van der Waals surface area contributed by atoms with Crippen LogP contribution < -0.4 is 0 Å². The molecule has 0 aliphatic rings. The fourth-order valence-corrected chi connectivity index (χ4v) is 1.38. The Morgan fingerprint density at radius 1 is 1.50 bits per heavy atom. The molecule has 60 valence electrons. The number of rotatable bonds is 1. The molecule has 2 rings (SSSR count). The number of nitrogens with zero attached hydrogens (tertiary/aromatic N) is 1. The fourth-order valence-electron chi connectivity index (χ4n) is 1.38. The summed E-state index contributed by atoms with van der Waals surface area (Å²) < 4.78 is 0. The molecule has 2 nitrogen and oxygen atoms in total. The normalized spacial score (nSPS) is 10.4. The van der Waals surface area contributed by atoms with Crippen molar-refractivity contribution in [2.24, 2.45) is 0 Å². The summed E-state index contributed by atoms with van der Waals surface area (Å²) in [6, 6.07) is 4.16. The topological polar surface area (TPSA) is 28.7 Å². The molecule has 0 amide bonds. The molecule has 0 bridgehead atoms. The van der Waals surface area contributed by atoms with E-state index in [1.54, 1.807) is 0 Å². The predicted octanol–water partition coefficient (Wildman–Crippen LogP) is 2.51. The van der Waals surface area contributed by atoms with Crippen LogP contribution in [0.3, 0.4) is 0 Å². The molecular formula is C10H10N2. The third-order valence-electron chi connectivity index (χ3n) is 2.00. The van der Waals surface area contributed by atoms with Crippen molar-refractivity contribution in [3.05, 3.63) is 36.0 Å². The van der Waals surface area contributed by atoms with Crippen molar-refractivity contribution in [3.8, 4) is 0 Å². The number of benzene rings is 1. The minimum Gasteiger partial charge on any atom is -0.278 e. The van der Waals surface area contributed by atoms with Crippen molar-refractivity contribution in [1.29, 1.82) is 0 Å². The molecule has 1 aromatic heterocycles. The van der Waals surface area contributed by atoms with Gasteiger partial charge in [0.1, 0.15) is 0 Å². The lowest BCUT2D eigenvalue weighted by atomic mass is 10.1. The Morgan fingerprint density at radius 3 is 3.08 bits per heavy atom. The Hall–Kier alpha value is -1.57. The summed E-state index contributed by atoms with van der Waals surface area (Å²) >= 11 is 0. The Morgan fingerprint density at radius 2 is 2.33 bits per heavy atom. The van der Waals surface area contributed by atoms with Crippen molar-refractivity contribution in [2.45, 2.75) is 6.92 Å². The van der Waals surface area contributed by atoms with Gasteiger partial charge in [0.25, 0.3) is 0 Å². The van der Waals surface area contributed by atoms with Crippen molar-refractivity contribution in [2.75, 3.05) is 0 Å². The van der Waals surface area contributed by atoms with Gasteiger partial charge in [0.2, 0.25) is 0 Å². The number of aryl methyl sites for hydroxylation is 1. The summed E-state index contributed by atoms with van der Waals surface area (Å²) in [7, 11) is 0. The van der Waals surface area contributed by atoms with E-state index in [1.165, 1.54) is 5.56 Å². The van der Waals surface area contributed by atoms with Gasteiger partial charge in [-0.2, -0.15) is 5.10 Å². The van der Waals surface area contributed by atoms with Crippen LogP contribution in [-0.2, 0) is 0 Å². The van der Waals surface area contributed by atoms with Gasteiger partial charge in [-0.25, -0.2) is 0 Å². The third-order valence-corrected chi connectivity index (χ3v) is 2.00. The Bertz CT molecular complexity index is 426. The van der Waals surface area contributed by atoms with Crippen LogP contribution >= 0.6 is 0 Å². The average Bonchev–Trinajstić information content (AvgIpc) is 2.52. The van der Waals surface area contributed by atoms with E-state index < -0.39 is 0 Å². The van der Waals surface area contributed by atoms with Gasteiger partial charge in [0.05, 0.1) is 11.7 Å². The number of hydrogen-bond donors (Lipinski definition) is 1. The molecule has 12 heavy (non-hydrogen) atoms. The summed E-state index contributed by atoms with van der Waals surface area (Å²) in [4.78, 5) is 0. The number of aromatic nitrogens is 2. The van der Waals surface area contributed by atoms with E-state index in [0.29, 0.717) is 0 Å². The molecule has 0 saturated heterocycles. The first kappa shape index (κ1) is 7.10. The van der Waals surface area contributed by atoms with Crippen molar-refractivity contribution < 1.29 is 0 Å². The fraction of sp³-hybridized carbons (Fsp3) is 0.100. The summed E-state index contributed by atoms with van der Waals surface area (Å²) in [5, 5.41) is 8.08. The standard InChI is InChI=1S/C10H10N2/c1-3-8-4-7(2)10-9(5-8)6-11-12-10/h3-6H,1H2,2H3,(H,11,12). The maximum atomic E-state index is 3.98. The van der Waals surface area contributed by atoms with Crippen LogP contribution in [0.25, 0.3) is 17.0 Å². The van der Waals surface area contributed by atoms with E-state index in [9.17, 15) is 0 Å². The molecule has 0 aliphatic carbocycles. The molecular weight excluding hydrogens is 148 g/mol. The molecule has 0 radical (unpaired) electrons. The molecule has 2 aromatic rings. The summed E-state index contributed by atoms with van der Waals surface area (Å²) in [6.07, 6.45) is 3.68. The van der Waals surface area contributed by atoms with Crippen molar-refractivity contribution in [3.63, 3.8) is 0 Å². The van der Waals surface area contributed by atoms with Crippen LogP contribution in [0.1, 0.15) is 11.1 Å². The zero-order valence-corrected chi connectivity index (χ0v) is 6.96. The summed E-state index contributed by atoms with van der Waals surface area (Å²) in [5.74, 6) is 0. The minimum atomic E-state index is 1.11. The van der Waals surface area contributed by atoms with Gasteiger partial charge in [-0.15, -0.1) is 0 Å². The van der Waals surface area contributed by atoms with Gasteiger partial charge >= 0.3 is 0 Å². The monoisotopic (exact) mass is 158 g/mol. The van der Waals surface area contributed by atoms with Crippen LogP contribution in [0.2, 0.25) is 0 Å². The van der Waals surface area contributed by atoms with Gasteiger partial charge in [0, 0.05) is 5.39 Å². The third kappa shape index (κ3) is 0.925. The Labute approximate surface area is 70.9 Å². The number of hydrogen-bond acceptors (Lipinski definition) is 1. The molecule has 0 atom stereocenters. The first-order valence-corrected chi connectivity index (χ1v) is 3.87. The minimum absolute atomic E-state index is 1.11. The second kappa shape index (κ2) is 2.48. The maximum absolute atomic E-state index is 3.98. The zero-order chi connectivity index (χ0) is 8.55. The van der Waals surface area contributed by atoms with E-state index in [2.05, 4.69) is 35.8 Å². The zero-order valence-electron chi connectivity index (χ0n) is 6.96. The highest BCUT2D eigenvalue weighted by atomic mass is 15.1. The lowest BCUT2D eigenvalue weighted by Gasteiger charge is -1.97. The van der Waals surface area contributed by atoms with Gasteiger partial charge in [0.15, 0.2) is 0 Å². The molecule has 0 saturated carbocycles.